The summed E-state index contributed by atoms with van der Waals surface area (Å²) in [7, 11) is -3.71. The van der Waals surface area contributed by atoms with Gasteiger partial charge in [-0.25, -0.2) is 13.1 Å². The van der Waals surface area contributed by atoms with Crippen molar-refractivity contribution < 1.29 is 13.2 Å². The molecule has 1 aromatic rings. The number of hydrogen-bond acceptors (Lipinski definition) is 3. The van der Waals surface area contributed by atoms with E-state index in [2.05, 4.69) is 4.72 Å². The summed E-state index contributed by atoms with van der Waals surface area (Å²) in [6.07, 6.45) is 0.427. The second kappa shape index (κ2) is 7.20. The molecule has 0 saturated carbocycles. The first-order chi connectivity index (χ1) is 9.26. The fourth-order valence-corrected chi connectivity index (χ4v) is 3.20. The Bertz CT molecular complexity index is 552. The van der Waals surface area contributed by atoms with Crippen LogP contribution in [0.1, 0.15) is 25.8 Å². The van der Waals surface area contributed by atoms with Crippen LogP contribution < -0.4 is 4.72 Å². The van der Waals surface area contributed by atoms with E-state index in [1.54, 1.807) is 12.1 Å². The molecule has 0 aliphatic heterocycles. The third-order valence-electron chi connectivity index (χ3n) is 2.86. The standard InChI is InChI=1S/C14H20ClNO3S/c1-10(2)8-13(14(17)9-15)16-20(18,19)12-6-4-11(3)5-7-12/h4-7,10,13,16H,8-9H2,1-3H3/t13-/m0/s1. The first-order valence-corrected chi connectivity index (χ1v) is 8.45. The van der Waals surface area contributed by atoms with E-state index in [9.17, 15) is 13.2 Å². The van der Waals surface area contributed by atoms with Gasteiger partial charge in [-0.15, -0.1) is 11.6 Å². The molecule has 1 N–H and O–H groups in total. The molecule has 1 aromatic carbocycles. The molecule has 0 heterocycles. The van der Waals surface area contributed by atoms with Crippen LogP contribution in [-0.2, 0) is 14.8 Å². The second-order valence-corrected chi connectivity index (χ2v) is 7.20. The summed E-state index contributed by atoms with van der Waals surface area (Å²) < 4.78 is 26.9. The van der Waals surface area contributed by atoms with Crippen molar-refractivity contribution in [1.29, 1.82) is 0 Å². The SMILES string of the molecule is Cc1ccc(S(=O)(=O)N[C@@H](CC(C)C)C(=O)CCl)cc1. The number of carbonyl (C=O) groups excluding carboxylic acids is 1. The van der Waals surface area contributed by atoms with E-state index >= 15 is 0 Å². The van der Waals surface area contributed by atoms with Crippen LogP contribution in [0.4, 0.5) is 0 Å². The van der Waals surface area contributed by atoms with E-state index < -0.39 is 16.1 Å². The number of aryl methyl sites for hydroxylation is 1. The molecule has 6 heteroatoms. The number of sulfonamides is 1. The van der Waals surface area contributed by atoms with Crippen LogP contribution in [0.3, 0.4) is 0 Å². The van der Waals surface area contributed by atoms with E-state index in [0.717, 1.165) is 5.56 Å². The molecule has 0 fully saturated rings. The van der Waals surface area contributed by atoms with Gasteiger partial charge in [0.1, 0.15) is 0 Å². The maximum absolute atomic E-state index is 12.2. The summed E-state index contributed by atoms with van der Waals surface area (Å²) in [4.78, 5) is 11.9. The lowest BCUT2D eigenvalue weighted by molar-refractivity contribution is -0.118. The van der Waals surface area contributed by atoms with Gasteiger partial charge in [-0.1, -0.05) is 31.5 Å². The molecule has 4 nitrogen and oxygen atoms in total. The number of halogens is 1. The van der Waals surface area contributed by atoms with Gasteiger partial charge in [-0.3, -0.25) is 4.79 Å². The quantitative estimate of drug-likeness (QED) is 0.786. The molecule has 20 heavy (non-hydrogen) atoms. The first kappa shape index (κ1) is 17.1. The number of benzene rings is 1. The minimum absolute atomic E-state index is 0.152. The van der Waals surface area contributed by atoms with E-state index in [1.807, 2.05) is 20.8 Å². The molecule has 0 saturated heterocycles. The van der Waals surface area contributed by atoms with Gasteiger partial charge >= 0.3 is 0 Å². The van der Waals surface area contributed by atoms with Gasteiger partial charge in [0.2, 0.25) is 10.0 Å². The van der Waals surface area contributed by atoms with Crippen LogP contribution >= 0.6 is 11.6 Å². The van der Waals surface area contributed by atoms with Crippen molar-refractivity contribution in [2.24, 2.45) is 5.92 Å². The Morgan fingerprint density at radius 3 is 2.25 bits per heavy atom. The number of nitrogens with one attached hydrogen (secondary N) is 1. The molecule has 0 radical (unpaired) electrons. The van der Waals surface area contributed by atoms with Crippen molar-refractivity contribution >= 4 is 27.4 Å². The fourth-order valence-electron chi connectivity index (χ4n) is 1.78. The first-order valence-electron chi connectivity index (χ1n) is 6.44. The zero-order valence-corrected chi connectivity index (χ0v) is 13.5. The zero-order valence-electron chi connectivity index (χ0n) is 11.9. The Morgan fingerprint density at radius 1 is 1.25 bits per heavy atom. The van der Waals surface area contributed by atoms with Crippen LogP contribution in [-0.4, -0.2) is 26.1 Å². The van der Waals surface area contributed by atoms with Crippen LogP contribution in [0.2, 0.25) is 0 Å². The molecule has 0 unspecified atom stereocenters. The number of ketones is 1. The Kier molecular flexibility index (Phi) is 6.17. The molecular weight excluding hydrogens is 298 g/mol. The zero-order chi connectivity index (χ0) is 15.3. The molecule has 0 aliphatic carbocycles. The highest BCUT2D eigenvalue weighted by Crippen LogP contribution is 2.14. The summed E-state index contributed by atoms with van der Waals surface area (Å²) >= 11 is 5.54. The van der Waals surface area contributed by atoms with E-state index in [-0.39, 0.29) is 22.5 Å². The topological polar surface area (TPSA) is 63.2 Å². The maximum Gasteiger partial charge on any atom is 0.241 e. The number of carbonyl (C=O) groups is 1. The van der Waals surface area contributed by atoms with Gasteiger partial charge in [0.15, 0.2) is 5.78 Å². The fraction of sp³-hybridized carbons (Fsp3) is 0.500. The third kappa shape index (κ3) is 4.89. The smallest absolute Gasteiger partial charge is 0.241 e. The van der Waals surface area contributed by atoms with Gasteiger partial charge in [0.25, 0.3) is 0 Å². The van der Waals surface area contributed by atoms with E-state index in [0.29, 0.717) is 6.42 Å². The van der Waals surface area contributed by atoms with Crippen LogP contribution in [0.5, 0.6) is 0 Å². The highest BCUT2D eigenvalue weighted by Gasteiger charge is 2.25. The predicted octanol–water partition coefficient (Wildman–Crippen LogP) is 2.50. The average molecular weight is 318 g/mol. The number of hydrogen-bond donors (Lipinski definition) is 1. The summed E-state index contributed by atoms with van der Waals surface area (Å²) in [6, 6.07) is 5.70. The molecule has 1 rings (SSSR count). The summed E-state index contributed by atoms with van der Waals surface area (Å²) in [5.41, 5.74) is 0.972. The number of alkyl halides is 1. The van der Waals surface area contributed by atoms with E-state index in [1.165, 1.54) is 12.1 Å². The van der Waals surface area contributed by atoms with Gasteiger partial charge in [-0.05, 0) is 31.4 Å². The molecule has 0 amide bonds. The molecule has 1 atom stereocenters. The average Bonchev–Trinajstić information content (AvgIpc) is 2.36. The Hall–Kier alpha value is -0.910. The maximum atomic E-state index is 12.2. The van der Waals surface area contributed by atoms with Crippen molar-refractivity contribution in [2.75, 3.05) is 5.88 Å². The normalized spacial score (nSPS) is 13.4. The Morgan fingerprint density at radius 2 is 1.80 bits per heavy atom. The minimum Gasteiger partial charge on any atom is -0.297 e. The van der Waals surface area contributed by atoms with Crippen LogP contribution in [0.15, 0.2) is 29.2 Å². The third-order valence-corrected chi connectivity index (χ3v) is 4.61. The molecule has 112 valence electrons. The van der Waals surface area contributed by atoms with Gasteiger partial charge in [0.05, 0.1) is 16.8 Å². The summed E-state index contributed by atoms with van der Waals surface area (Å²) in [6.45, 7) is 5.73. The molecular formula is C14H20ClNO3S. The second-order valence-electron chi connectivity index (χ2n) is 5.22. The van der Waals surface area contributed by atoms with Crippen molar-refractivity contribution in [2.45, 2.75) is 38.1 Å². The van der Waals surface area contributed by atoms with E-state index in [4.69, 9.17) is 11.6 Å². The summed E-state index contributed by atoms with van der Waals surface area (Å²) in [5.74, 6) is -0.322. The molecule has 0 aromatic heterocycles. The van der Waals surface area contributed by atoms with Crippen molar-refractivity contribution in [3.05, 3.63) is 29.8 Å². The lowest BCUT2D eigenvalue weighted by Crippen LogP contribution is -2.42. The highest BCUT2D eigenvalue weighted by molar-refractivity contribution is 7.89. The van der Waals surface area contributed by atoms with Gasteiger partial charge < -0.3 is 0 Å². The lowest BCUT2D eigenvalue weighted by Gasteiger charge is -2.18. The summed E-state index contributed by atoms with van der Waals surface area (Å²) in [5, 5.41) is 0. The van der Waals surface area contributed by atoms with Crippen molar-refractivity contribution in [1.82, 2.24) is 4.72 Å². The molecule has 0 aliphatic rings. The monoisotopic (exact) mass is 317 g/mol. The van der Waals surface area contributed by atoms with Crippen LogP contribution in [0, 0.1) is 12.8 Å². The predicted molar refractivity (Wildman–Crippen MR) is 80.5 cm³/mol. The minimum atomic E-state index is -3.71. The number of rotatable bonds is 7. The molecule has 0 bridgehead atoms. The Labute approximate surface area is 125 Å². The largest absolute Gasteiger partial charge is 0.297 e. The Balaban J connectivity index is 2.96. The van der Waals surface area contributed by atoms with Crippen molar-refractivity contribution in [3.8, 4) is 0 Å². The van der Waals surface area contributed by atoms with Crippen molar-refractivity contribution in [3.63, 3.8) is 0 Å². The number of Topliss-reactive ketones (excluding diaryl/α,β-unsaturated/α-hetero) is 1. The molecule has 0 spiro atoms. The van der Waals surface area contributed by atoms with Gasteiger partial charge in [0, 0.05) is 0 Å². The highest BCUT2D eigenvalue weighted by atomic mass is 35.5. The lowest BCUT2D eigenvalue weighted by atomic mass is 10.0. The van der Waals surface area contributed by atoms with Gasteiger partial charge in [-0.2, -0.15) is 0 Å². The van der Waals surface area contributed by atoms with Crippen LogP contribution in [0.25, 0.3) is 0 Å².